The monoisotopic (exact) mass is 370 g/mol. The highest BCUT2D eigenvalue weighted by atomic mass is 19.1. The van der Waals surface area contributed by atoms with Crippen LogP contribution in [0.5, 0.6) is 11.5 Å². The Morgan fingerprint density at radius 2 is 1.75 bits per heavy atom. The molecule has 1 aliphatic carbocycles. The topological polar surface area (TPSA) is 34.1 Å². The van der Waals surface area contributed by atoms with Crippen molar-refractivity contribution < 1.29 is 9.13 Å². The molecule has 3 nitrogen and oxygen atoms in total. The lowest BCUT2D eigenvalue weighted by molar-refractivity contribution is 0.486. The average molecular weight is 370 g/mol. The van der Waals surface area contributed by atoms with Gasteiger partial charge in [-0.05, 0) is 72.5 Å². The smallest absolute Gasteiger partial charge is 0.136 e. The van der Waals surface area contributed by atoms with Crippen LogP contribution in [0, 0.1) is 5.82 Å². The molecular weight excluding hydrogens is 351 g/mol. The first kappa shape index (κ1) is 16.8. The van der Waals surface area contributed by atoms with Crippen LogP contribution in [-0.2, 0) is 6.42 Å². The molecule has 28 heavy (non-hydrogen) atoms. The van der Waals surface area contributed by atoms with Gasteiger partial charge in [0.25, 0.3) is 0 Å². The van der Waals surface area contributed by atoms with E-state index in [-0.39, 0.29) is 5.82 Å². The molecule has 0 aliphatic heterocycles. The molecule has 138 valence electrons. The summed E-state index contributed by atoms with van der Waals surface area (Å²) in [4.78, 5) is 4.78. The Kier molecular flexibility index (Phi) is 4.17. The normalized spacial score (nSPS) is 15.4. The number of hydrogen-bond donors (Lipinski definition) is 1. The average Bonchev–Trinajstić information content (AvgIpc) is 3.13. The van der Waals surface area contributed by atoms with Gasteiger partial charge in [0.05, 0.1) is 11.6 Å². The molecule has 0 bridgehead atoms. The SMILES string of the molecule is Fc1ccc(Oc2cccc3nc(NC4CCc5ccccc54)ccc23)cc1. The Labute approximate surface area is 162 Å². The van der Waals surface area contributed by atoms with Gasteiger partial charge < -0.3 is 10.1 Å². The van der Waals surface area contributed by atoms with E-state index in [1.165, 1.54) is 23.3 Å². The predicted octanol–water partition coefficient (Wildman–Crippen LogP) is 6.27. The molecule has 3 aromatic carbocycles. The van der Waals surface area contributed by atoms with Crippen LogP contribution in [0.3, 0.4) is 0 Å². The quantitative estimate of drug-likeness (QED) is 0.460. The van der Waals surface area contributed by atoms with Crippen molar-refractivity contribution in [3.63, 3.8) is 0 Å². The number of benzene rings is 3. The maximum atomic E-state index is 13.1. The van der Waals surface area contributed by atoms with Crippen LogP contribution in [0.4, 0.5) is 10.2 Å². The van der Waals surface area contributed by atoms with Gasteiger partial charge in [-0.3, -0.25) is 0 Å². The molecule has 4 heteroatoms. The lowest BCUT2D eigenvalue weighted by Crippen LogP contribution is -2.08. The van der Waals surface area contributed by atoms with Crippen molar-refractivity contribution in [2.75, 3.05) is 5.32 Å². The minimum Gasteiger partial charge on any atom is -0.457 e. The highest BCUT2D eigenvalue weighted by Gasteiger charge is 2.22. The fourth-order valence-corrected chi connectivity index (χ4v) is 3.81. The van der Waals surface area contributed by atoms with Gasteiger partial charge in [0.2, 0.25) is 0 Å². The van der Waals surface area contributed by atoms with Crippen LogP contribution in [0.1, 0.15) is 23.6 Å². The number of aromatic nitrogens is 1. The molecular formula is C24H19FN2O. The standard InChI is InChI=1S/C24H19FN2O/c25-17-9-11-18(12-10-17)28-23-7-3-6-21-20(23)13-15-24(26-21)27-22-14-8-16-4-1-2-5-19(16)22/h1-7,9-13,15,22H,8,14H2,(H,26,27). The number of hydrogen-bond acceptors (Lipinski definition) is 3. The molecule has 1 aliphatic rings. The summed E-state index contributed by atoms with van der Waals surface area (Å²) in [6, 6.07) is 24.7. The summed E-state index contributed by atoms with van der Waals surface area (Å²) in [6.07, 6.45) is 2.17. The van der Waals surface area contributed by atoms with Gasteiger partial charge >= 0.3 is 0 Å². The van der Waals surface area contributed by atoms with E-state index in [1.54, 1.807) is 12.1 Å². The van der Waals surface area contributed by atoms with E-state index in [2.05, 4.69) is 29.6 Å². The van der Waals surface area contributed by atoms with Crippen molar-refractivity contribution in [3.05, 3.63) is 95.8 Å². The minimum atomic E-state index is -0.281. The molecule has 0 spiro atoms. The number of rotatable bonds is 4. The van der Waals surface area contributed by atoms with Gasteiger partial charge in [-0.1, -0.05) is 30.3 Å². The molecule has 1 heterocycles. The van der Waals surface area contributed by atoms with Crippen molar-refractivity contribution in [1.29, 1.82) is 0 Å². The minimum absolute atomic E-state index is 0.281. The zero-order chi connectivity index (χ0) is 18.9. The molecule has 4 aromatic rings. The van der Waals surface area contributed by atoms with Gasteiger partial charge in [0, 0.05) is 5.39 Å². The largest absolute Gasteiger partial charge is 0.457 e. The summed E-state index contributed by atoms with van der Waals surface area (Å²) in [7, 11) is 0. The maximum absolute atomic E-state index is 13.1. The van der Waals surface area contributed by atoms with Crippen molar-refractivity contribution >= 4 is 16.7 Å². The Balaban J connectivity index is 1.42. The van der Waals surface area contributed by atoms with Gasteiger partial charge in [-0.15, -0.1) is 0 Å². The zero-order valence-electron chi connectivity index (χ0n) is 15.2. The van der Waals surface area contributed by atoms with Gasteiger partial charge in [-0.25, -0.2) is 9.37 Å². The summed E-state index contributed by atoms with van der Waals surface area (Å²) in [5.74, 6) is 1.87. The molecule has 1 aromatic heterocycles. The van der Waals surface area contributed by atoms with E-state index in [4.69, 9.17) is 9.72 Å². The van der Waals surface area contributed by atoms with Crippen molar-refractivity contribution in [2.45, 2.75) is 18.9 Å². The zero-order valence-corrected chi connectivity index (χ0v) is 15.2. The summed E-state index contributed by atoms with van der Waals surface area (Å²) < 4.78 is 19.0. The number of halogens is 1. The van der Waals surface area contributed by atoms with Gasteiger partial charge in [0.15, 0.2) is 0 Å². The van der Waals surface area contributed by atoms with E-state index in [1.807, 2.05) is 30.3 Å². The molecule has 1 N–H and O–H groups in total. The van der Waals surface area contributed by atoms with Gasteiger partial charge in [0.1, 0.15) is 23.1 Å². The molecule has 1 atom stereocenters. The Morgan fingerprint density at radius 3 is 2.64 bits per heavy atom. The van der Waals surface area contributed by atoms with Crippen LogP contribution < -0.4 is 10.1 Å². The maximum Gasteiger partial charge on any atom is 0.136 e. The Bertz CT molecular complexity index is 1140. The number of ether oxygens (including phenoxy) is 1. The van der Waals surface area contributed by atoms with Crippen LogP contribution in [0.15, 0.2) is 78.9 Å². The summed E-state index contributed by atoms with van der Waals surface area (Å²) >= 11 is 0. The molecule has 0 radical (unpaired) electrons. The van der Waals surface area contributed by atoms with Crippen molar-refractivity contribution in [3.8, 4) is 11.5 Å². The number of pyridine rings is 1. The van der Waals surface area contributed by atoms with Crippen LogP contribution in [0.2, 0.25) is 0 Å². The molecule has 5 rings (SSSR count). The molecule has 0 fully saturated rings. The summed E-state index contributed by atoms with van der Waals surface area (Å²) in [5.41, 5.74) is 3.63. The van der Waals surface area contributed by atoms with Crippen molar-refractivity contribution in [2.24, 2.45) is 0 Å². The highest BCUT2D eigenvalue weighted by molar-refractivity contribution is 5.86. The summed E-state index contributed by atoms with van der Waals surface area (Å²) in [5, 5.41) is 4.49. The third-order valence-corrected chi connectivity index (χ3v) is 5.19. The predicted molar refractivity (Wildman–Crippen MR) is 109 cm³/mol. The summed E-state index contributed by atoms with van der Waals surface area (Å²) in [6.45, 7) is 0. The Hall–Kier alpha value is -3.40. The fraction of sp³-hybridized carbons (Fsp3) is 0.125. The first-order valence-corrected chi connectivity index (χ1v) is 9.44. The van der Waals surface area contributed by atoms with Crippen LogP contribution in [0.25, 0.3) is 10.9 Å². The number of fused-ring (bicyclic) bond motifs is 2. The lowest BCUT2D eigenvalue weighted by atomic mass is 10.1. The van der Waals surface area contributed by atoms with E-state index in [0.717, 1.165) is 29.6 Å². The lowest BCUT2D eigenvalue weighted by Gasteiger charge is -2.16. The number of anilines is 1. The van der Waals surface area contributed by atoms with Gasteiger partial charge in [-0.2, -0.15) is 0 Å². The van der Waals surface area contributed by atoms with Crippen molar-refractivity contribution in [1.82, 2.24) is 4.98 Å². The second kappa shape index (κ2) is 6.97. The first-order valence-electron chi connectivity index (χ1n) is 9.44. The second-order valence-corrected chi connectivity index (χ2v) is 7.01. The molecule has 0 saturated heterocycles. The van der Waals surface area contributed by atoms with E-state index in [9.17, 15) is 4.39 Å². The second-order valence-electron chi connectivity index (χ2n) is 7.01. The first-order chi connectivity index (χ1) is 13.8. The molecule has 1 unspecified atom stereocenters. The van der Waals surface area contributed by atoms with Crippen LogP contribution >= 0.6 is 0 Å². The molecule has 0 saturated carbocycles. The third kappa shape index (κ3) is 3.18. The van der Waals surface area contributed by atoms with E-state index >= 15 is 0 Å². The number of nitrogens with one attached hydrogen (secondary N) is 1. The third-order valence-electron chi connectivity index (χ3n) is 5.19. The Morgan fingerprint density at radius 1 is 0.893 bits per heavy atom. The van der Waals surface area contributed by atoms with E-state index in [0.29, 0.717) is 17.5 Å². The van der Waals surface area contributed by atoms with E-state index < -0.39 is 0 Å². The molecule has 0 amide bonds. The number of aryl methyl sites for hydroxylation is 1. The number of nitrogens with zero attached hydrogens (tertiary/aromatic N) is 1. The van der Waals surface area contributed by atoms with Crippen LogP contribution in [-0.4, -0.2) is 4.98 Å². The highest BCUT2D eigenvalue weighted by Crippen LogP contribution is 2.34. The fourth-order valence-electron chi connectivity index (χ4n) is 3.81.